The molecule has 0 aliphatic heterocycles. The first kappa shape index (κ1) is 16.4. The smallest absolute Gasteiger partial charge is 0.362 e. The summed E-state index contributed by atoms with van der Waals surface area (Å²) >= 11 is 0. The van der Waals surface area contributed by atoms with Crippen LogP contribution < -0.4 is 10.1 Å². The number of nitrogens with zero attached hydrogens (tertiary/aromatic N) is 2. The van der Waals surface area contributed by atoms with Crippen molar-refractivity contribution in [1.29, 1.82) is 0 Å². The van der Waals surface area contributed by atoms with Crippen LogP contribution in [0.2, 0.25) is 0 Å². The molecule has 0 spiro atoms. The summed E-state index contributed by atoms with van der Waals surface area (Å²) in [6.07, 6.45) is 2.82. The summed E-state index contributed by atoms with van der Waals surface area (Å²) in [6.45, 7) is 1.41. The number of imidazole rings is 1. The maximum Gasteiger partial charge on any atom is 0.362 e. The van der Waals surface area contributed by atoms with Crippen molar-refractivity contribution in [2.45, 2.75) is 6.92 Å². The Balaban J connectivity index is 1.77. The predicted molar refractivity (Wildman–Crippen MR) is 89.2 cm³/mol. The molecular formula is C18H14FN3O3. The van der Waals surface area contributed by atoms with Crippen molar-refractivity contribution in [3.8, 4) is 11.4 Å². The third kappa shape index (κ3) is 3.89. The van der Waals surface area contributed by atoms with Gasteiger partial charge in [0.05, 0.1) is 12.5 Å². The maximum atomic E-state index is 13.0. The van der Waals surface area contributed by atoms with E-state index in [1.54, 1.807) is 24.3 Å². The average Bonchev–Trinajstić information content (AvgIpc) is 3.06. The predicted octanol–water partition coefficient (Wildman–Crippen LogP) is 3.19. The molecule has 0 fully saturated rings. The maximum absolute atomic E-state index is 13.0. The van der Waals surface area contributed by atoms with Gasteiger partial charge < -0.3 is 10.1 Å². The van der Waals surface area contributed by atoms with Crippen molar-refractivity contribution in [1.82, 2.24) is 9.55 Å². The van der Waals surface area contributed by atoms with E-state index >= 15 is 0 Å². The Labute approximate surface area is 142 Å². The van der Waals surface area contributed by atoms with Crippen molar-refractivity contribution in [3.05, 3.63) is 72.6 Å². The number of nitrogens with one attached hydrogen (secondary N) is 1. The highest BCUT2D eigenvalue weighted by Gasteiger charge is 2.15. The molecule has 0 saturated heterocycles. The van der Waals surface area contributed by atoms with E-state index in [1.807, 2.05) is 0 Å². The van der Waals surface area contributed by atoms with E-state index in [0.29, 0.717) is 17.1 Å². The molecule has 0 aliphatic carbocycles. The molecule has 1 heterocycles. The van der Waals surface area contributed by atoms with Gasteiger partial charge in [0.15, 0.2) is 5.69 Å². The molecule has 0 aliphatic rings. The fourth-order valence-corrected chi connectivity index (χ4v) is 2.22. The number of carbonyl (C=O) groups is 2. The molecule has 0 bridgehead atoms. The van der Waals surface area contributed by atoms with Gasteiger partial charge in [-0.2, -0.15) is 0 Å². The molecule has 0 saturated carbocycles. The zero-order valence-corrected chi connectivity index (χ0v) is 13.3. The molecule has 3 rings (SSSR count). The monoisotopic (exact) mass is 339 g/mol. The van der Waals surface area contributed by atoms with Crippen LogP contribution in [-0.2, 0) is 4.79 Å². The van der Waals surface area contributed by atoms with E-state index in [-0.39, 0.29) is 17.4 Å². The number of amides is 1. The van der Waals surface area contributed by atoms with Crippen LogP contribution in [0.3, 0.4) is 0 Å². The molecule has 6 nitrogen and oxygen atoms in total. The van der Waals surface area contributed by atoms with Gasteiger partial charge in [-0.1, -0.05) is 0 Å². The number of anilines is 1. The summed E-state index contributed by atoms with van der Waals surface area (Å²) in [6, 6.07) is 12.1. The third-order valence-electron chi connectivity index (χ3n) is 3.34. The minimum absolute atomic E-state index is 0.187. The summed E-state index contributed by atoms with van der Waals surface area (Å²) in [4.78, 5) is 27.3. The number of halogens is 1. The fraction of sp³-hybridized carbons (Fsp3) is 0.0556. The van der Waals surface area contributed by atoms with E-state index in [1.165, 1.54) is 48.3 Å². The van der Waals surface area contributed by atoms with E-state index < -0.39 is 5.97 Å². The zero-order chi connectivity index (χ0) is 17.8. The molecule has 7 heteroatoms. The Morgan fingerprint density at radius 1 is 1.08 bits per heavy atom. The third-order valence-corrected chi connectivity index (χ3v) is 3.34. The largest absolute Gasteiger partial charge is 0.422 e. The van der Waals surface area contributed by atoms with Crippen LogP contribution in [0, 0.1) is 5.82 Å². The molecule has 1 aromatic heterocycles. The molecule has 1 amide bonds. The molecule has 2 aromatic carbocycles. The first-order chi connectivity index (χ1) is 12.0. The molecule has 126 valence electrons. The lowest BCUT2D eigenvalue weighted by Gasteiger charge is -2.09. The topological polar surface area (TPSA) is 73.2 Å². The Hall–Kier alpha value is -3.48. The molecule has 1 N–H and O–H groups in total. The normalized spacial score (nSPS) is 10.3. The Morgan fingerprint density at radius 2 is 1.76 bits per heavy atom. The molecule has 0 atom stereocenters. The number of ether oxygens (including phenoxy) is 1. The number of aromatic nitrogens is 2. The lowest BCUT2D eigenvalue weighted by Crippen LogP contribution is -2.13. The van der Waals surface area contributed by atoms with Crippen LogP contribution in [0.15, 0.2) is 61.1 Å². The second-order valence-electron chi connectivity index (χ2n) is 5.22. The first-order valence-corrected chi connectivity index (χ1v) is 7.41. The quantitative estimate of drug-likeness (QED) is 0.585. The summed E-state index contributed by atoms with van der Waals surface area (Å²) in [5, 5.41) is 2.62. The lowest BCUT2D eigenvalue weighted by atomic mass is 10.3. The van der Waals surface area contributed by atoms with Crippen LogP contribution in [0.5, 0.6) is 5.75 Å². The Bertz CT molecular complexity index is 902. The highest BCUT2D eigenvalue weighted by molar-refractivity contribution is 5.90. The molecule has 0 unspecified atom stereocenters. The van der Waals surface area contributed by atoms with Crippen LogP contribution in [0.4, 0.5) is 10.1 Å². The minimum atomic E-state index is -0.603. The lowest BCUT2D eigenvalue weighted by molar-refractivity contribution is -0.114. The minimum Gasteiger partial charge on any atom is -0.422 e. The average molecular weight is 339 g/mol. The van der Waals surface area contributed by atoms with Gasteiger partial charge in [-0.05, 0) is 48.5 Å². The highest BCUT2D eigenvalue weighted by Crippen LogP contribution is 2.18. The SMILES string of the molecule is CC(=O)Nc1ccc(OC(=O)c2cncn2-c2ccc(F)cc2)cc1. The van der Waals surface area contributed by atoms with Gasteiger partial charge in [0.1, 0.15) is 11.6 Å². The van der Waals surface area contributed by atoms with Gasteiger partial charge in [0.2, 0.25) is 5.91 Å². The van der Waals surface area contributed by atoms with E-state index in [2.05, 4.69) is 10.3 Å². The number of benzene rings is 2. The number of hydrogen-bond donors (Lipinski definition) is 1. The molecule has 0 radical (unpaired) electrons. The Kier molecular flexibility index (Phi) is 4.56. The second-order valence-corrected chi connectivity index (χ2v) is 5.22. The standard InChI is InChI=1S/C18H14FN3O3/c1-12(23)21-14-4-8-16(9-5-14)25-18(24)17-10-20-11-22(17)15-6-2-13(19)3-7-15/h2-11H,1H3,(H,21,23). The van der Waals surface area contributed by atoms with Crippen molar-refractivity contribution in [3.63, 3.8) is 0 Å². The number of rotatable bonds is 4. The van der Waals surface area contributed by atoms with Gasteiger partial charge in [0, 0.05) is 18.3 Å². The van der Waals surface area contributed by atoms with E-state index in [9.17, 15) is 14.0 Å². The van der Waals surface area contributed by atoms with Gasteiger partial charge in [-0.25, -0.2) is 14.2 Å². The molecule has 25 heavy (non-hydrogen) atoms. The van der Waals surface area contributed by atoms with E-state index in [0.717, 1.165) is 0 Å². The number of esters is 1. The van der Waals surface area contributed by atoms with Gasteiger partial charge in [0.25, 0.3) is 0 Å². The van der Waals surface area contributed by atoms with Gasteiger partial charge >= 0.3 is 5.97 Å². The van der Waals surface area contributed by atoms with Crippen molar-refractivity contribution < 1.29 is 18.7 Å². The van der Waals surface area contributed by atoms with Crippen LogP contribution >= 0.6 is 0 Å². The summed E-state index contributed by atoms with van der Waals surface area (Å²) < 4.78 is 19.9. The highest BCUT2D eigenvalue weighted by atomic mass is 19.1. The first-order valence-electron chi connectivity index (χ1n) is 7.41. The number of hydrogen-bond acceptors (Lipinski definition) is 4. The summed E-state index contributed by atoms with van der Waals surface area (Å²) in [5.41, 5.74) is 1.40. The molecular weight excluding hydrogens is 325 g/mol. The Morgan fingerprint density at radius 3 is 2.40 bits per heavy atom. The van der Waals surface area contributed by atoms with Crippen molar-refractivity contribution in [2.24, 2.45) is 0 Å². The van der Waals surface area contributed by atoms with Crippen LogP contribution in [-0.4, -0.2) is 21.4 Å². The fourth-order valence-electron chi connectivity index (χ4n) is 2.22. The van der Waals surface area contributed by atoms with Gasteiger partial charge in [-0.15, -0.1) is 0 Å². The van der Waals surface area contributed by atoms with Crippen LogP contribution in [0.25, 0.3) is 5.69 Å². The van der Waals surface area contributed by atoms with Crippen LogP contribution in [0.1, 0.15) is 17.4 Å². The number of carbonyl (C=O) groups excluding carboxylic acids is 2. The van der Waals surface area contributed by atoms with Gasteiger partial charge in [-0.3, -0.25) is 9.36 Å². The van der Waals surface area contributed by atoms with Crippen molar-refractivity contribution in [2.75, 3.05) is 5.32 Å². The molecule has 3 aromatic rings. The zero-order valence-electron chi connectivity index (χ0n) is 13.3. The van der Waals surface area contributed by atoms with Crippen molar-refractivity contribution >= 4 is 17.6 Å². The second kappa shape index (κ2) is 6.96. The van der Waals surface area contributed by atoms with E-state index in [4.69, 9.17) is 4.74 Å². The summed E-state index contributed by atoms with van der Waals surface area (Å²) in [5.74, 6) is -0.833. The summed E-state index contributed by atoms with van der Waals surface area (Å²) in [7, 11) is 0.